The van der Waals surface area contributed by atoms with Crippen molar-refractivity contribution in [3.63, 3.8) is 0 Å². The van der Waals surface area contributed by atoms with E-state index in [1.165, 1.54) is 0 Å². The molecule has 3 nitrogen and oxygen atoms in total. The minimum atomic E-state index is -0.730. The van der Waals surface area contributed by atoms with Crippen LogP contribution < -0.4 is 9.47 Å². The summed E-state index contributed by atoms with van der Waals surface area (Å²) in [5, 5.41) is 5.93. The van der Waals surface area contributed by atoms with Crippen molar-refractivity contribution in [3.8, 4) is 11.5 Å². The van der Waals surface area contributed by atoms with E-state index in [9.17, 15) is 4.79 Å². The molecule has 0 saturated carbocycles. The van der Waals surface area contributed by atoms with Gasteiger partial charge in [-0.25, -0.2) is 4.79 Å². The molecule has 5 aromatic carbocycles. The van der Waals surface area contributed by atoms with Crippen LogP contribution in [0, 0.1) is 0 Å². The van der Waals surface area contributed by atoms with E-state index in [0.717, 1.165) is 56.3 Å². The smallest absolute Gasteiger partial charge is 0.394 e. The van der Waals surface area contributed by atoms with Gasteiger partial charge in [-0.2, -0.15) is 0 Å². The fourth-order valence-corrected chi connectivity index (χ4v) is 4.50. The number of carbonyl (C=O) groups is 1. The van der Waals surface area contributed by atoms with Crippen molar-refractivity contribution < 1.29 is 14.3 Å². The van der Waals surface area contributed by atoms with Gasteiger partial charge < -0.3 is 9.47 Å². The highest BCUT2D eigenvalue weighted by molar-refractivity contribution is 6.09. The number of aryl methyl sites for hydroxylation is 2. The van der Waals surface area contributed by atoms with Crippen LogP contribution >= 0.6 is 0 Å². The Balaban J connectivity index is 1.65. The molecule has 5 aromatic rings. The first-order valence-corrected chi connectivity index (χ1v) is 11.0. The van der Waals surface area contributed by atoms with Gasteiger partial charge >= 0.3 is 6.16 Å². The van der Waals surface area contributed by atoms with E-state index >= 15 is 0 Å². The Morgan fingerprint density at radius 3 is 1.88 bits per heavy atom. The van der Waals surface area contributed by atoms with Crippen molar-refractivity contribution in [3.05, 3.63) is 96.1 Å². The van der Waals surface area contributed by atoms with Crippen LogP contribution in [-0.2, 0) is 12.8 Å². The molecule has 0 aliphatic heterocycles. The van der Waals surface area contributed by atoms with E-state index in [-0.39, 0.29) is 0 Å². The lowest BCUT2D eigenvalue weighted by Gasteiger charge is -2.16. The molecule has 0 heterocycles. The van der Waals surface area contributed by atoms with Gasteiger partial charge in [-0.3, -0.25) is 0 Å². The predicted octanol–water partition coefficient (Wildman–Crippen LogP) is 7.85. The van der Waals surface area contributed by atoms with E-state index in [1.54, 1.807) is 6.07 Å². The van der Waals surface area contributed by atoms with Crippen LogP contribution in [0.25, 0.3) is 32.3 Å². The molecule has 3 heteroatoms. The predicted molar refractivity (Wildman–Crippen MR) is 131 cm³/mol. The summed E-state index contributed by atoms with van der Waals surface area (Å²) in [5.74, 6) is 1.07. The molecule has 5 rings (SSSR count). The lowest BCUT2D eigenvalue weighted by molar-refractivity contribution is 0.153. The van der Waals surface area contributed by atoms with E-state index < -0.39 is 6.16 Å². The third-order valence-corrected chi connectivity index (χ3v) is 6.02. The first-order valence-electron chi connectivity index (χ1n) is 11.0. The highest BCUT2D eigenvalue weighted by Gasteiger charge is 2.19. The van der Waals surface area contributed by atoms with Gasteiger partial charge in [-0.15, -0.1) is 0 Å². The average Bonchev–Trinajstić information content (AvgIpc) is 2.83. The molecule has 0 radical (unpaired) electrons. The van der Waals surface area contributed by atoms with Crippen molar-refractivity contribution in [1.82, 2.24) is 0 Å². The standard InChI is InChI=1S/C29H24O3/c1-3-19-11-7-14-22-18-23-15-8-12-20(4-2)27(23)28(26(19)22)32-29(30)31-25-17-9-13-21-10-5-6-16-24(21)25/h5-18H,3-4H2,1-2H3. The maximum Gasteiger partial charge on any atom is 0.519 e. The maximum absolute atomic E-state index is 13.1. The van der Waals surface area contributed by atoms with Crippen LogP contribution in [0.5, 0.6) is 11.5 Å². The first-order chi connectivity index (χ1) is 15.7. The molecule has 0 aliphatic carbocycles. The summed E-state index contributed by atoms with van der Waals surface area (Å²) in [6.45, 7) is 4.23. The van der Waals surface area contributed by atoms with Crippen LogP contribution in [0.1, 0.15) is 25.0 Å². The van der Waals surface area contributed by atoms with Crippen molar-refractivity contribution >= 4 is 38.5 Å². The Labute approximate surface area is 187 Å². The molecule has 0 saturated heterocycles. The molecule has 0 aliphatic rings. The molecule has 0 unspecified atom stereocenters. The van der Waals surface area contributed by atoms with Crippen LogP contribution in [0.2, 0.25) is 0 Å². The number of ether oxygens (including phenoxy) is 2. The highest BCUT2D eigenvalue weighted by Crippen LogP contribution is 2.39. The maximum atomic E-state index is 13.1. The van der Waals surface area contributed by atoms with Crippen molar-refractivity contribution in [2.75, 3.05) is 0 Å². The minimum absolute atomic E-state index is 0.490. The van der Waals surface area contributed by atoms with Crippen molar-refractivity contribution in [1.29, 1.82) is 0 Å². The Kier molecular flexibility index (Phi) is 5.24. The molecular weight excluding hydrogens is 396 g/mol. The number of hydrogen-bond donors (Lipinski definition) is 0. The largest absolute Gasteiger partial charge is 0.519 e. The Hall–Kier alpha value is -3.85. The fraction of sp³-hybridized carbons (Fsp3) is 0.138. The lowest BCUT2D eigenvalue weighted by Crippen LogP contribution is -2.15. The Morgan fingerprint density at radius 1 is 0.656 bits per heavy atom. The molecular formula is C29H24O3. The average molecular weight is 421 g/mol. The molecule has 158 valence electrons. The summed E-state index contributed by atoms with van der Waals surface area (Å²) in [4.78, 5) is 13.1. The monoisotopic (exact) mass is 420 g/mol. The minimum Gasteiger partial charge on any atom is -0.394 e. The molecule has 32 heavy (non-hydrogen) atoms. The second-order valence-corrected chi connectivity index (χ2v) is 7.87. The zero-order valence-electron chi connectivity index (χ0n) is 18.2. The van der Waals surface area contributed by atoms with E-state index in [1.807, 2.05) is 36.4 Å². The second-order valence-electron chi connectivity index (χ2n) is 7.87. The van der Waals surface area contributed by atoms with Gasteiger partial charge in [0.1, 0.15) is 5.75 Å². The summed E-state index contributed by atoms with van der Waals surface area (Å²) < 4.78 is 11.7. The molecule has 0 atom stereocenters. The molecule has 0 fully saturated rings. The van der Waals surface area contributed by atoms with Gasteiger partial charge in [0.15, 0.2) is 5.75 Å². The highest BCUT2D eigenvalue weighted by atomic mass is 16.7. The van der Waals surface area contributed by atoms with Crippen LogP contribution in [0.15, 0.2) is 84.9 Å². The zero-order valence-corrected chi connectivity index (χ0v) is 18.2. The number of fused-ring (bicyclic) bond motifs is 3. The van der Waals surface area contributed by atoms with E-state index in [2.05, 4.69) is 56.3 Å². The first kappa shape index (κ1) is 20.1. The Bertz CT molecular complexity index is 1400. The molecule has 0 aromatic heterocycles. The number of hydrogen-bond acceptors (Lipinski definition) is 3. The van der Waals surface area contributed by atoms with E-state index in [4.69, 9.17) is 9.47 Å². The third-order valence-electron chi connectivity index (χ3n) is 6.02. The van der Waals surface area contributed by atoms with Gasteiger partial charge in [0.25, 0.3) is 0 Å². The van der Waals surface area contributed by atoms with Gasteiger partial charge in [-0.1, -0.05) is 86.6 Å². The molecule has 0 amide bonds. The topological polar surface area (TPSA) is 35.5 Å². The Morgan fingerprint density at radius 2 is 1.22 bits per heavy atom. The van der Waals surface area contributed by atoms with Crippen LogP contribution in [0.3, 0.4) is 0 Å². The summed E-state index contributed by atoms with van der Waals surface area (Å²) in [6, 6.07) is 28.1. The summed E-state index contributed by atoms with van der Waals surface area (Å²) in [6.07, 6.45) is 0.949. The second kappa shape index (κ2) is 8.35. The fourth-order valence-electron chi connectivity index (χ4n) is 4.50. The SMILES string of the molecule is CCc1cccc2cc3cccc(CC)c3c(OC(=O)Oc3cccc4ccccc34)c12. The summed E-state index contributed by atoms with van der Waals surface area (Å²) >= 11 is 0. The molecule has 0 bridgehead atoms. The van der Waals surface area contributed by atoms with Crippen LogP contribution in [0.4, 0.5) is 4.79 Å². The molecule has 0 N–H and O–H groups in total. The summed E-state index contributed by atoms with van der Waals surface area (Å²) in [7, 11) is 0. The number of rotatable bonds is 4. The quantitative estimate of drug-likeness (QED) is 0.169. The van der Waals surface area contributed by atoms with Gasteiger partial charge in [-0.05, 0) is 52.3 Å². The summed E-state index contributed by atoms with van der Waals surface area (Å²) in [5.41, 5.74) is 2.28. The van der Waals surface area contributed by atoms with Crippen molar-refractivity contribution in [2.24, 2.45) is 0 Å². The number of benzene rings is 5. The van der Waals surface area contributed by atoms with Gasteiger partial charge in [0.05, 0.1) is 0 Å². The normalized spacial score (nSPS) is 11.2. The number of carbonyl (C=O) groups excluding carboxylic acids is 1. The van der Waals surface area contributed by atoms with E-state index in [0.29, 0.717) is 11.5 Å². The van der Waals surface area contributed by atoms with Gasteiger partial charge in [0.2, 0.25) is 0 Å². The zero-order chi connectivity index (χ0) is 22.1. The van der Waals surface area contributed by atoms with Crippen molar-refractivity contribution in [2.45, 2.75) is 26.7 Å². The lowest BCUT2D eigenvalue weighted by atomic mass is 9.94. The third kappa shape index (κ3) is 3.46. The molecule has 0 spiro atoms. The van der Waals surface area contributed by atoms with Crippen LogP contribution in [-0.4, -0.2) is 6.16 Å². The van der Waals surface area contributed by atoms with Gasteiger partial charge in [0, 0.05) is 16.2 Å².